The first-order chi connectivity index (χ1) is 10.6. The molecule has 3 rings (SSSR count). The fraction of sp³-hybridized carbons (Fsp3) is 0.333. The predicted octanol–water partition coefficient (Wildman–Crippen LogP) is 2.99. The zero-order valence-electron chi connectivity index (χ0n) is 11.8. The Hall–Kier alpha value is -1.56. The highest BCUT2D eigenvalue weighted by Gasteiger charge is 2.20. The minimum absolute atomic E-state index is 0.230. The standard InChI is InChI=1S/C15H16Cl2N4O/c16-11-3-1-2-10(13(11)17)14-15(18)20-12(8-19-14)21-6-4-9(22)5-7-21/h1-3,8-9,22H,4-7H2,(H2,18,20). The second kappa shape index (κ2) is 6.28. The lowest BCUT2D eigenvalue weighted by molar-refractivity contribution is 0.145. The number of nitrogens with zero attached hydrogens (tertiary/aromatic N) is 3. The van der Waals surface area contributed by atoms with Gasteiger partial charge in [0.25, 0.3) is 0 Å². The van der Waals surface area contributed by atoms with Crippen LogP contribution < -0.4 is 10.6 Å². The molecule has 0 amide bonds. The van der Waals surface area contributed by atoms with Gasteiger partial charge >= 0.3 is 0 Å². The minimum atomic E-state index is -0.230. The third-order valence-corrected chi connectivity index (χ3v) is 4.60. The molecular formula is C15H16Cl2N4O. The van der Waals surface area contributed by atoms with Crippen LogP contribution in [0.2, 0.25) is 10.0 Å². The van der Waals surface area contributed by atoms with E-state index in [2.05, 4.69) is 14.9 Å². The van der Waals surface area contributed by atoms with E-state index in [0.717, 1.165) is 25.9 Å². The van der Waals surface area contributed by atoms with Gasteiger partial charge in [0.2, 0.25) is 0 Å². The van der Waals surface area contributed by atoms with Crippen molar-refractivity contribution in [2.45, 2.75) is 18.9 Å². The van der Waals surface area contributed by atoms with E-state index >= 15 is 0 Å². The average Bonchev–Trinajstić information content (AvgIpc) is 2.51. The van der Waals surface area contributed by atoms with E-state index in [1.807, 2.05) is 6.07 Å². The molecule has 1 aromatic heterocycles. The molecule has 5 nitrogen and oxygen atoms in total. The highest BCUT2D eigenvalue weighted by molar-refractivity contribution is 6.43. The molecule has 0 spiro atoms. The fourth-order valence-corrected chi connectivity index (χ4v) is 2.93. The lowest BCUT2D eigenvalue weighted by atomic mass is 10.1. The number of halogens is 2. The van der Waals surface area contributed by atoms with Crippen molar-refractivity contribution in [3.05, 3.63) is 34.4 Å². The molecule has 1 aliphatic heterocycles. The maximum absolute atomic E-state index is 9.56. The van der Waals surface area contributed by atoms with Crippen LogP contribution in [-0.4, -0.2) is 34.3 Å². The van der Waals surface area contributed by atoms with Crippen LogP contribution in [0.1, 0.15) is 12.8 Å². The van der Waals surface area contributed by atoms with Crippen LogP contribution in [0.25, 0.3) is 11.3 Å². The molecule has 0 atom stereocenters. The van der Waals surface area contributed by atoms with E-state index in [1.54, 1.807) is 18.3 Å². The van der Waals surface area contributed by atoms with Crippen LogP contribution in [0.4, 0.5) is 11.6 Å². The Bertz CT molecular complexity index is 687. The highest BCUT2D eigenvalue weighted by Crippen LogP contribution is 2.35. The van der Waals surface area contributed by atoms with E-state index in [4.69, 9.17) is 28.9 Å². The maximum atomic E-state index is 9.56. The molecule has 0 radical (unpaired) electrons. The minimum Gasteiger partial charge on any atom is -0.393 e. The molecule has 0 saturated carbocycles. The summed E-state index contributed by atoms with van der Waals surface area (Å²) in [5.74, 6) is 1.03. The molecular weight excluding hydrogens is 323 g/mol. The van der Waals surface area contributed by atoms with Gasteiger partial charge < -0.3 is 15.7 Å². The summed E-state index contributed by atoms with van der Waals surface area (Å²) in [5, 5.41) is 10.4. The SMILES string of the molecule is Nc1nc(N2CCC(O)CC2)cnc1-c1cccc(Cl)c1Cl. The Morgan fingerprint density at radius 2 is 1.95 bits per heavy atom. The van der Waals surface area contributed by atoms with Crippen LogP contribution in [0.15, 0.2) is 24.4 Å². The second-order valence-corrected chi connectivity index (χ2v) is 6.07. The number of piperidine rings is 1. The molecule has 0 aliphatic carbocycles. The number of anilines is 2. The molecule has 7 heteroatoms. The van der Waals surface area contributed by atoms with Crippen molar-refractivity contribution in [2.24, 2.45) is 0 Å². The van der Waals surface area contributed by atoms with Gasteiger partial charge in [-0.05, 0) is 18.9 Å². The zero-order chi connectivity index (χ0) is 15.7. The van der Waals surface area contributed by atoms with Crippen molar-refractivity contribution < 1.29 is 5.11 Å². The summed E-state index contributed by atoms with van der Waals surface area (Å²) in [5.41, 5.74) is 7.24. The molecule has 1 aliphatic rings. The highest BCUT2D eigenvalue weighted by atomic mass is 35.5. The van der Waals surface area contributed by atoms with Gasteiger partial charge in [0.15, 0.2) is 5.82 Å². The van der Waals surface area contributed by atoms with Crippen LogP contribution in [0.5, 0.6) is 0 Å². The van der Waals surface area contributed by atoms with Crippen molar-refractivity contribution in [3.63, 3.8) is 0 Å². The molecule has 1 fully saturated rings. The summed E-state index contributed by atoms with van der Waals surface area (Å²) in [4.78, 5) is 10.9. The number of aromatic nitrogens is 2. The molecule has 3 N–H and O–H groups in total. The number of aliphatic hydroxyl groups excluding tert-OH is 1. The number of nitrogen functional groups attached to an aromatic ring is 1. The fourth-order valence-electron chi connectivity index (χ4n) is 2.54. The smallest absolute Gasteiger partial charge is 0.152 e. The number of benzene rings is 1. The average molecular weight is 339 g/mol. The van der Waals surface area contributed by atoms with Gasteiger partial charge in [0, 0.05) is 18.7 Å². The van der Waals surface area contributed by atoms with Crippen molar-refractivity contribution in [1.82, 2.24) is 9.97 Å². The lowest BCUT2D eigenvalue weighted by Gasteiger charge is -2.30. The Balaban J connectivity index is 1.91. The van der Waals surface area contributed by atoms with E-state index in [-0.39, 0.29) is 6.10 Å². The van der Waals surface area contributed by atoms with E-state index in [0.29, 0.717) is 32.9 Å². The Morgan fingerprint density at radius 3 is 2.64 bits per heavy atom. The largest absolute Gasteiger partial charge is 0.393 e. The predicted molar refractivity (Wildman–Crippen MR) is 89.4 cm³/mol. The van der Waals surface area contributed by atoms with Crippen LogP contribution in [-0.2, 0) is 0 Å². The topological polar surface area (TPSA) is 75.3 Å². The van der Waals surface area contributed by atoms with Crippen molar-refractivity contribution in [1.29, 1.82) is 0 Å². The summed E-state index contributed by atoms with van der Waals surface area (Å²) in [7, 11) is 0. The molecule has 116 valence electrons. The van der Waals surface area contributed by atoms with Crippen molar-refractivity contribution >= 4 is 34.8 Å². The summed E-state index contributed by atoms with van der Waals surface area (Å²) in [6, 6.07) is 5.32. The zero-order valence-corrected chi connectivity index (χ0v) is 13.3. The van der Waals surface area contributed by atoms with Crippen molar-refractivity contribution in [2.75, 3.05) is 23.7 Å². The molecule has 22 heavy (non-hydrogen) atoms. The normalized spacial score (nSPS) is 16.0. The maximum Gasteiger partial charge on any atom is 0.152 e. The van der Waals surface area contributed by atoms with Crippen LogP contribution in [0, 0.1) is 0 Å². The molecule has 2 heterocycles. The molecule has 0 bridgehead atoms. The summed E-state index contributed by atoms with van der Waals surface area (Å²) >= 11 is 12.2. The van der Waals surface area contributed by atoms with E-state index in [1.165, 1.54) is 0 Å². The van der Waals surface area contributed by atoms with E-state index < -0.39 is 0 Å². The third kappa shape index (κ3) is 2.97. The first kappa shape index (κ1) is 15.3. The lowest BCUT2D eigenvalue weighted by Crippen LogP contribution is -2.36. The van der Waals surface area contributed by atoms with E-state index in [9.17, 15) is 5.11 Å². The van der Waals surface area contributed by atoms with Gasteiger partial charge in [0.05, 0.1) is 22.3 Å². The van der Waals surface area contributed by atoms with Gasteiger partial charge in [-0.15, -0.1) is 0 Å². The summed E-state index contributed by atoms with van der Waals surface area (Å²) < 4.78 is 0. The molecule has 1 aromatic carbocycles. The number of rotatable bonds is 2. The quantitative estimate of drug-likeness (QED) is 0.880. The Morgan fingerprint density at radius 1 is 1.23 bits per heavy atom. The van der Waals surface area contributed by atoms with Crippen LogP contribution >= 0.6 is 23.2 Å². The van der Waals surface area contributed by atoms with Gasteiger partial charge in [0.1, 0.15) is 11.5 Å². The first-order valence-corrected chi connectivity index (χ1v) is 7.82. The first-order valence-electron chi connectivity index (χ1n) is 7.06. The number of nitrogens with two attached hydrogens (primary N) is 1. The number of aliphatic hydroxyl groups is 1. The number of hydrogen-bond donors (Lipinski definition) is 2. The monoisotopic (exact) mass is 338 g/mol. The van der Waals surface area contributed by atoms with Gasteiger partial charge in [-0.2, -0.15) is 0 Å². The van der Waals surface area contributed by atoms with Gasteiger partial charge in [-0.25, -0.2) is 9.97 Å². The second-order valence-electron chi connectivity index (χ2n) is 5.28. The van der Waals surface area contributed by atoms with Crippen molar-refractivity contribution in [3.8, 4) is 11.3 Å². The molecule has 2 aromatic rings. The van der Waals surface area contributed by atoms with Gasteiger partial charge in [-0.3, -0.25) is 0 Å². The van der Waals surface area contributed by atoms with Crippen LogP contribution in [0.3, 0.4) is 0 Å². The molecule has 0 unspecified atom stereocenters. The molecule has 1 saturated heterocycles. The van der Waals surface area contributed by atoms with Gasteiger partial charge in [-0.1, -0.05) is 35.3 Å². The third-order valence-electron chi connectivity index (χ3n) is 3.78. The summed E-state index contributed by atoms with van der Waals surface area (Å²) in [6.45, 7) is 1.49. The summed E-state index contributed by atoms with van der Waals surface area (Å²) in [6.07, 6.45) is 2.90. The Kier molecular flexibility index (Phi) is 4.38. The number of hydrogen-bond acceptors (Lipinski definition) is 5. The Labute approximate surface area is 138 Å².